The molecule has 0 spiro atoms. The lowest BCUT2D eigenvalue weighted by Crippen LogP contribution is -2.27. The molecule has 0 fully saturated rings. The van der Waals surface area contributed by atoms with E-state index in [9.17, 15) is 14.9 Å². The van der Waals surface area contributed by atoms with E-state index >= 15 is 0 Å². The molecule has 9 nitrogen and oxygen atoms in total. The summed E-state index contributed by atoms with van der Waals surface area (Å²) in [5.74, 6) is -0.0803. The summed E-state index contributed by atoms with van der Waals surface area (Å²) in [5.41, 5.74) is 4.94. The van der Waals surface area contributed by atoms with E-state index in [1.54, 1.807) is 6.92 Å². The van der Waals surface area contributed by atoms with Crippen LogP contribution in [-0.2, 0) is 0 Å². The SMILES string of the molecule is CC(NC(=O)c1cc(Cl)c(N)c([N+](=O)[O-])c1)c1ncn[nH]1. The Hall–Kier alpha value is -2.68. The Balaban J connectivity index is 2.25. The molecule has 110 valence electrons. The average Bonchev–Trinajstić information content (AvgIpc) is 2.95. The zero-order chi connectivity index (χ0) is 15.6. The maximum Gasteiger partial charge on any atom is 0.294 e. The molecular formula is C11H11ClN6O3. The fourth-order valence-corrected chi connectivity index (χ4v) is 1.87. The minimum atomic E-state index is -0.697. The Morgan fingerprint density at radius 3 is 2.86 bits per heavy atom. The van der Waals surface area contributed by atoms with Crippen LogP contribution < -0.4 is 11.1 Å². The number of nitrogens with zero attached hydrogens (tertiary/aromatic N) is 3. The summed E-state index contributed by atoms with van der Waals surface area (Å²) in [7, 11) is 0. The highest BCUT2D eigenvalue weighted by Gasteiger charge is 2.21. The summed E-state index contributed by atoms with van der Waals surface area (Å²) in [6, 6.07) is 1.89. The van der Waals surface area contributed by atoms with Crippen molar-refractivity contribution in [1.29, 1.82) is 0 Å². The lowest BCUT2D eigenvalue weighted by molar-refractivity contribution is -0.383. The number of nitrogens with two attached hydrogens (primary N) is 1. The van der Waals surface area contributed by atoms with Gasteiger partial charge in [-0.3, -0.25) is 20.0 Å². The number of nitrogen functional groups attached to an aromatic ring is 1. The van der Waals surface area contributed by atoms with Crippen molar-refractivity contribution in [3.63, 3.8) is 0 Å². The molecule has 1 aromatic heterocycles. The molecule has 1 amide bonds. The number of carbonyl (C=O) groups excluding carboxylic acids is 1. The Kier molecular flexibility index (Phi) is 4.03. The van der Waals surface area contributed by atoms with E-state index < -0.39 is 22.6 Å². The van der Waals surface area contributed by atoms with E-state index in [-0.39, 0.29) is 16.3 Å². The van der Waals surface area contributed by atoms with E-state index in [0.29, 0.717) is 5.82 Å². The maximum absolute atomic E-state index is 12.1. The van der Waals surface area contributed by atoms with Gasteiger partial charge in [-0.1, -0.05) is 11.6 Å². The quantitative estimate of drug-likeness (QED) is 0.443. The number of aromatic nitrogens is 3. The van der Waals surface area contributed by atoms with E-state index in [1.807, 2.05) is 0 Å². The number of hydrogen-bond donors (Lipinski definition) is 3. The van der Waals surface area contributed by atoms with Gasteiger partial charge < -0.3 is 11.1 Å². The van der Waals surface area contributed by atoms with Crippen LogP contribution in [0.3, 0.4) is 0 Å². The highest BCUT2D eigenvalue weighted by molar-refractivity contribution is 6.34. The lowest BCUT2D eigenvalue weighted by Gasteiger charge is -2.11. The number of rotatable bonds is 4. The van der Waals surface area contributed by atoms with Crippen LogP contribution in [0.25, 0.3) is 0 Å². The number of nitro benzene ring substituents is 1. The van der Waals surface area contributed by atoms with Crippen molar-refractivity contribution in [2.24, 2.45) is 0 Å². The van der Waals surface area contributed by atoms with Crippen LogP contribution in [0.4, 0.5) is 11.4 Å². The molecule has 1 unspecified atom stereocenters. The molecule has 10 heteroatoms. The predicted octanol–water partition coefficient (Wildman–Crippen LogP) is 1.44. The van der Waals surface area contributed by atoms with Crippen molar-refractivity contribution < 1.29 is 9.72 Å². The zero-order valence-corrected chi connectivity index (χ0v) is 11.6. The summed E-state index contributed by atoms with van der Waals surface area (Å²) in [5, 5.41) is 19.7. The molecule has 0 aliphatic carbocycles. The standard InChI is InChI=1S/C11H11ClN6O3/c1-5(10-14-4-15-17-10)16-11(19)6-2-7(12)9(13)8(3-6)18(20)21/h2-5H,13H2,1H3,(H,16,19)(H,14,15,17). The van der Waals surface area contributed by atoms with Crippen molar-refractivity contribution in [3.05, 3.63) is 45.0 Å². The molecule has 1 atom stereocenters. The third-order valence-corrected chi connectivity index (χ3v) is 3.07. The van der Waals surface area contributed by atoms with Gasteiger partial charge in [0.2, 0.25) is 0 Å². The number of nitro groups is 1. The van der Waals surface area contributed by atoms with Gasteiger partial charge >= 0.3 is 0 Å². The Bertz CT molecular complexity index is 688. The molecule has 2 rings (SSSR count). The highest BCUT2D eigenvalue weighted by Crippen LogP contribution is 2.30. The molecule has 21 heavy (non-hydrogen) atoms. The zero-order valence-electron chi connectivity index (χ0n) is 10.8. The van der Waals surface area contributed by atoms with Crippen molar-refractivity contribution >= 4 is 28.9 Å². The normalized spacial score (nSPS) is 11.9. The number of halogens is 1. The van der Waals surface area contributed by atoms with Gasteiger partial charge in [-0.25, -0.2) is 4.98 Å². The van der Waals surface area contributed by atoms with Crippen LogP contribution in [-0.4, -0.2) is 26.0 Å². The van der Waals surface area contributed by atoms with Gasteiger partial charge in [0.15, 0.2) is 0 Å². The summed E-state index contributed by atoms with van der Waals surface area (Å²) in [6.45, 7) is 1.69. The lowest BCUT2D eigenvalue weighted by atomic mass is 10.1. The van der Waals surface area contributed by atoms with Gasteiger partial charge in [0.25, 0.3) is 11.6 Å². The smallest absolute Gasteiger partial charge is 0.294 e. The van der Waals surface area contributed by atoms with Gasteiger partial charge in [-0.15, -0.1) is 0 Å². The number of aromatic amines is 1. The highest BCUT2D eigenvalue weighted by atomic mass is 35.5. The second-order valence-electron chi connectivity index (χ2n) is 4.21. The van der Waals surface area contributed by atoms with Crippen LogP contribution in [0, 0.1) is 10.1 Å². The number of anilines is 1. The molecule has 4 N–H and O–H groups in total. The first kappa shape index (κ1) is 14.7. The van der Waals surface area contributed by atoms with Crippen LogP contribution in [0.5, 0.6) is 0 Å². The first-order chi connectivity index (χ1) is 9.90. The monoisotopic (exact) mass is 310 g/mol. The predicted molar refractivity (Wildman–Crippen MR) is 74.8 cm³/mol. The van der Waals surface area contributed by atoms with Gasteiger partial charge in [0.05, 0.1) is 16.0 Å². The topological polar surface area (TPSA) is 140 Å². The Morgan fingerprint density at radius 2 is 2.29 bits per heavy atom. The number of nitrogens with one attached hydrogen (secondary N) is 2. The molecule has 2 aromatic rings. The fourth-order valence-electron chi connectivity index (χ4n) is 1.66. The molecule has 0 saturated carbocycles. The van der Waals surface area contributed by atoms with E-state index in [4.69, 9.17) is 17.3 Å². The Morgan fingerprint density at radius 1 is 1.57 bits per heavy atom. The molecule has 0 saturated heterocycles. The maximum atomic E-state index is 12.1. The number of carbonyl (C=O) groups is 1. The number of hydrogen-bond acceptors (Lipinski definition) is 6. The first-order valence-corrected chi connectivity index (χ1v) is 6.17. The molecular weight excluding hydrogens is 300 g/mol. The molecule has 0 aliphatic rings. The molecule has 1 aromatic carbocycles. The van der Waals surface area contributed by atoms with E-state index in [0.717, 1.165) is 6.07 Å². The van der Waals surface area contributed by atoms with Crippen molar-refractivity contribution in [3.8, 4) is 0 Å². The Labute approximate surface area is 123 Å². The van der Waals surface area contributed by atoms with Gasteiger partial charge in [0.1, 0.15) is 17.8 Å². The van der Waals surface area contributed by atoms with Crippen molar-refractivity contribution in [1.82, 2.24) is 20.5 Å². The van der Waals surface area contributed by atoms with Crippen LogP contribution in [0.1, 0.15) is 29.1 Å². The molecule has 1 heterocycles. The van der Waals surface area contributed by atoms with Gasteiger partial charge in [-0.05, 0) is 13.0 Å². The molecule has 0 aliphatic heterocycles. The average molecular weight is 311 g/mol. The van der Waals surface area contributed by atoms with Crippen LogP contribution in [0.15, 0.2) is 18.5 Å². The molecule has 0 radical (unpaired) electrons. The number of benzene rings is 1. The van der Waals surface area contributed by atoms with Crippen molar-refractivity contribution in [2.45, 2.75) is 13.0 Å². The van der Waals surface area contributed by atoms with Crippen LogP contribution in [0.2, 0.25) is 5.02 Å². The second-order valence-corrected chi connectivity index (χ2v) is 4.62. The first-order valence-electron chi connectivity index (χ1n) is 5.79. The van der Waals surface area contributed by atoms with Gasteiger partial charge in [-0.2, -0.15) is 5.10 Å². The second kappa shape index (κ2) is 5.75. The van der Waals surface area contributed by atoms with Crippen molar-refractivity contribution in [2.75, 3.05) is 5.73 Å². The van der Waals surface area contributed by atoms with Crippen LogP contribution >= 0.6 is 11.6 Å². The summed E-state index contributed by atoms with van der Waals surface area (Å²) < 4.78 is 0. The minimum absolute atomic E-state index is 0.0345. The van der Waals surface area contributed by atoms with E-state index in [1.165, 1.54) is 12.4 Å². The summed E-state index contributed by atoms with van der Waals surface area (Å²) in [6.07, 6.45) is 1.31. The number of amides is 1. The number of H-pyrrole nitrogens is 1. The summed E-state index contributed by atoms with van der Waals surface area (Å²) in [4.78, 5) is 26.2. The van der Waals surface area contributed by atoms with E-state index in [2.05, 4.69) is 20.5 Å². The van der Waals surface area contributed by atoms with Gasteiger partial charge in [0, 0.05) is 11.6 Å². The fraction of sp³-hybridized carbons (Fsp3) is 0.182. The molecule has 0 bridgehead atoms. The summed E-state index contributed by atoms with van der Waals surface area (Å²) >= 11 is 5.81. The minimum Gasteiger partial charge on any atom is -0.392 e. The largest absolute Gasteiger partial charge is 0.392 e. The third kappa shape index (κ3) is 3.08. The third-order valence-electron chi connectivity index (χ3n) is 2.76.